The molecule has 1 aromatic rings. The molecule has 0 unspecified atom stereocenters. The number of benzene rings is 1. The Hall–Kier alpha value is -0.806. The average molecular weight is 247 g/mol. The highest BCUT2D eigenvalue weighted by molar-refractivity contribution is 7.06. The number of hydrogen-bond donors (Lipinski definition) is 1. The lowest BCUT2D eigenvalue weighted by atomic mass is 10.4. The Morgan fingerprint density at radius 3 is 2.12 bits per heavy atom. The van der Waals surface area contributed by atoms with Crippen molar-refractivity contribution in [3.8, 4) is 0 Å². The van der Waals surface area contributed by atoms with Crippen molar-refractivity contribution in [1.29, 1.82) is 0 Å². The molecule has 2 rings (SSSR count). The van der Waals surface area contributed by atoms with Crippen LogP contribution in [0.15, 0.2) is 35.7 Å². The van der Waals surface area contributed by atoms with Crippen LogP contribution in [-0.4, -0.2) is 16.3 Å². The van der Waals surface area contributed by atoms with E-state index in [1.54, 1.807) is 10.4 Å². The quantitative estimate of drug-likeness (QED) is 0.692. The molecule has 0 aliphatic carbocycles. The van der Waals surface area contributed by atoms with Crippen LogP contribution < -0.4 is 15.4 Å². The van der Waals surface area contributed by atoms with Gasteiger partial charge in [-0.25, -0.2) is 0 Å². The maximum absolute atomic E-state index is 3.85. The van der Waals surface area contributed by atoms with Gasteiger partial charge in [-0.3, -0.25) is 0 Å². The first-order valence-electron chi connectivity index (χ1n) is 5.94. The number of nitrogens with one attached hydrogen (secondary N) is 1. The van der Waals surface area contributed by atoms with Crippen molar-refractivity contribution in [2.75, 3.05) is 0 Å². The molecule has 1 nitrogen and oxygen atoms in total. The van der Waals surface area contributed by atoms with Gasteiger partial charge in [0.05, 0.1) is 0 Å². The Kier molecular flexibility index (Phi) is 2.63. The van der Waals surface area contributed by atoms with Gasteiger partial charge in [0, 0.05) is 0 Å². The first-order chi connectivity index (χ1) is 7.39. The van der Waals surface area contributed by atoms with E-state index in [2.05, 4.69) is 68.4 Å². The largest absolute Gasteiger partial charge is 0.414 e. The minimum Gasteiger partial charge on any atom is -0.414 e. The zero-order valence-corrected chi connectivity index (χ0v) is 12.9. The van der Waals surface area contributed by atoms with E-state index in [-0.39, 0.29) is 0 Å². The molecule has 3 heteroatoms. The molecular formula is C13H21NSi2. The second-order valence-electron chi connectivity index (χ2n) is 5.62. The van der Waals surface area contributed by atoms with Crippen LogP contribution in [0.3, 0.4) is 0 Å². The molecule has 0 aromatic heterocycles. The van der Waals surface area contributed by atoms with Crippen molar-refractivity contribution >= 4 is 26.7 Å². The molecule has 1 N–H and O–H groups in total. The SMILES string of the molecule is CC=C1N[Si](C)(C)c2ccccc2[Si]1(C)C. The van der Waals surface area contributed by atoms with Crippen LogP contribution >= 0.6 is 0 Å². The molecule has 0 fully saturated rings. The molecule has 0 bridgehead atoms. The van der Waals surface area contributed by atoms with Crippen LogP contribution in [-0.2, 0) is 0 Å². The zero-order valence-electron chi connectivity index (χ0n) is 10.9. The molecule has 1 aliphatic heterocycles. The maximum atomic E-state index is 3.85. The molecule has 16 heavy (non-hydrogen) atoms. The average Bonchev–Trinajstić information content (AvgIpc) is 2.24. The fourth-order valence-electron chi connectivity index (χ4n) is 2.71. The molecular weight excluding hydrogens is 226 g/mol. The summed E-state index contributed by atoms with van der Waals surface area (Å²) in [5, 5.41) is 4.76. The fraction of sp³-hybridized carbons (Fsp3) is 0.385. The lowest BCUT2D eigenvalue weighted by Crippen LogP contribution is -2.73. The molecule has 0 saturated carbocycles. The van der Waals surface area contributed by atoms with Crippen molar-refractivity contribution in [2.45, 2.75) is 33.1 Å². The van der Waals surface area contributed by atoms with Gasteiger partial charge in [-0.2, -0.15) is 0 Å². The summed E-state index contributed by atoms with van der Waals surface area (Å²) in [6.07, 6.45) is 2.29. The van der Waals surface area contributed by atoms with Crippen LogP contribution in [0.5, 0.6) is 0 Å². The summed E-state index contributed by atoms with van der Waals surface area (Å²) in [6, 6.07) is 9.05. The van der Waals surface area contributed by atoms with E-state index in [1.165, 1.54) is 5.32 Å². The smallest absolute Gasteiger partial charge is 0.178 e. The zero-order chi connectivity index (χ0) is 12.0. The lowest BCUT2D eigenvalue weighted by Gasteiger charge is -2.43. The first kappa shape index (κ1) is 11.7. The first-order valence-corrected chi connectivity index (χ1v) is 11.9. The topological polar surface area (TPSA) is 12.0 Å². The van der Waals surface area contributed by atoms with Gasteiger partial charge < -0.3 is 4.98 Å². The Labute approximate surface area is 101 Å². The van der Waals surface area contributed by atoms with Crippen molar-refractivity contribution in [3.05, 3.63) is 35.7 Å². The summed E-state index contributed by atoms with van der Waals surface area (Å²) in [7, 11) is -2.91. The van der Waals surface area contributed by atoms with E-state index in [4.69, 9.17) is 0 Å². The third-order valence-electron chi connectivity index (χ3n) is 3.68. The van der Waals surface area contributed by atoms with E-state index >= 15 is 0 Å². The van der Waals surface area contributed by atoms with Crippen molar-refractivity contribution in [3.63, 3.8) is 0 Å². The number of hydrogen-bond acceptors (Lipinski definition) is 1. The van der Waals surface area contributed by atoms with E-state index in [0.717, 1.165) is 0 Å². The number of fused-ring (bicyclic) bond motifs is 1. The summed E-state index contributed by atoms with van der Waals surface area (Å²) in [4.78, 5) is 3.85. The molecule has 0 saturated heterocycles. The molecule has 86 valence electrons. The maximum Gasteiger partial charge on any atom is 0.178 e. The molecule has 0 spiro atoms. The minimum atomic E-state index is -1.47. The van der Waals surface area contributed by atoms with Crippen molar-refractivity contribution < 1.29 is 0 Å². The number of rotatable bonds is 0. The summed E-state index contributed by atoms with van der Waals surface area (Å²) in [5.74, 6) is 0. The lowest BCUT2D eigenvalue weighted by molar-refractivity contribution is 1.18. The fourth-order valence-corrected chi connectivity index (χ4v) is 11.3. The summed E-state index contributed by atoms with van der Waals surface area (Å²) in [5.41, 5.74) is 0. The van der Waals surface area contributed by atoms with Crippen molar-refractivity contribution in [2.24, 2.45) is 0 Å². The van der Waals surface area contributed by atoms with Crippen LogP contribution in [0.25, 0.3) is 0 Å². The monoisotopic (exact) mass is 247 g/mol. The van der Waals surface area contributed by atoms with Gasteiger partial charge in [0.15, 0.2) is 8.24 Å². The van der Waals surface area contributed by atoms with E-state index in [9.17, 15) is 0 Å². The Balaban J connectivity index is 2.70. The molecule has 1 aromatic carbocycles. The van der Waals surface area contributed by atoms with Crippen LogP contribution in [0.1, 0.15) is 6.92 Å². The van der Waals surface area contributed by atoms with E-state index in [1.807, 2.05) is 0 Å². The highest BCUT2D eigenvalue weighted by Crippen LogP contribution is 2.19. The molecule has 0 atom stereocenters. The highest BCUT2D eigenvalue weighted by Gasteiger charge is 2.42. The van der Waals surface area contributed by atoms with Gasteiger partial charge in [0.25, 0.3) is 0 Å². The van der Waals surface area contributed by atoms with Gasteiger partial charge >= 0.3 is 0 Å². The van der Waals surface area contributed by atoms with Gasteiger partial charge in [0.2, 0.25) is 0 Å². The van der Waals surface area contributed by atoms with E-state index < -0.39 is 16.3 Å². The Morgan fingerprint density at radius 1 is 1.00 bits per heavy atom. The molecule has 0 radical (unpaired) electrons. The van der Waals surface area contributed by atoms with Crippen molar-refractivity contribution in [1.82, 2.24) is 4.98 Å². The van der Waals surface area contributed by atoms with Gasteiger partial charge in [-0.15, -0.1) is 0 Å². The molecule has 1 heterocycles. The summed E-state index contributed by atoms with van der Waals surface area (Å²) < 4.78 is 0. The second kappa shape index (κ2) is 3.60. The summed E-state index contributed by atoms with van der Waals surface area (Å²) in [6.45, 7) is 11.9. The third-order valence-corrected chi connectivity index (χ3v) is 10.4. The number of allylic oxidation sites excluding steroid dienone is 1. The highest BCUT2D eigenvalue weighted by atomic mass is 28.3. The Morgan fingerprint density at radius 2 is 1.56 bits per heavy atom. The standard InChI is InChI=1S/C13H21NSi2/c1-6-13-14-16(4,5)12-10-8-7-9-11(12)15(13,2)3/h6-10,14H,1-5H3. The van der Waals surface area contributed by atoms with Gasteiger partial charge in [-0.05, 0) is 30.5 Å². The van der Waals surface area contributed by atoms with Crippen LogP contribution in [0, 0.1) is 0 Å². The second-order valence-corrected chi connectivity index (χ2v) is 14.0. The summed E-state index contributed by atoms with van der Waals surface area (Å²) >= 11 is 0. The normalized spacial score (nSPS) is 23.7. The van der Waals surface area contributed by atoms with Gasteiger partial charge in [-0.1, -0.05) is 48.6 Å². The van der Waals surface area contributed by atoms with Crippen LogP contribution in [0.4, 0.5) is 0 Å². The molecule has 1 aliphatic rings. The Bertz CT molecular complexity index is 447. The van der Waals surface area contributed by atoms with E-state index in [0.29, 0.717) is 0 Å². The van der Waals surface area contributed by atoms with Crippen LogP contribution in [0.2, 0.25) is 26.2 Å². The van der Waals surface area contributed by atoms with Gasteiger partial charge in [0.1, 0.15) is 8.07 Å². The molecule has 0 amide bonds. The third kappa shape index (κ3) is 1.58. The predicted molar refractivity (Wildman–Crippen MR) is 77.6 cm³/mol. The minimum absolute atomic E-state index is 1.44. The predicted octanol–water partition coefficient (Wildman–Crippen LogP) is 2.06.